The highest BCUT2D eigenvalue weighted by molar-refractivity contribution is 5.80. The van der Waals surface area contributed by atoms with E-state index in [4.69, 9.17) is 0 Å². The summed E-state index contributed by atoms with van der Waals surface area (Å²) in [7, 11) is 0. The summed E-state index contributed by atoms with van der Waals surface area (Å²) in [5.74, 6) is 0.142. The number of rotatable bonds is 4. The third-order valence-electron chi connectivity index (χ3n) is 5.81. The largest absolute Gasteiger partial charge is 0.192 e. The van der Waals surface area contributed by atoms with Crippen molar-refractivity contribution in [2.75, 3.05) is 0 Å². The minimum Gasteiger partial charge on any atom is -0.192 e. The molecule has 0 bridgehead atoms. The first kappa shape index (κ1) is 19.4. The molecule has 2 unspecified atom stereocenters. The molecule has 0 aliphatic heterocycles. The summed E-state index contributed by atoms with van der Waals surface area (Å²) < 4.78 is 0. The van der Waals surface area contributed by atoms with Gasteiger partial charge in [-0.1, -0.05) is 97.1 Å². The molecule has 4 rings (SSSR count). The van der Waals surface area contributed by atoms with Crippen LogP contribution < -0.4 is 0 Å². The Morgan fingerprint density at radius 2 is 1.47 bits per heavy atom. The summed E-state index contributed by atoms with van der Waals surface area (Å²) in [5.41, 5.74) is 5.70. The van der Waals surface area contributed by atoms with E-state index in [1.165, 1.54) is 11.1 Å². The maximum Gasteiger partial charge on any atom is 0.133 e. The summed E-state index contributed by atoms with van der Waals surface area (Å²) >= 11 is 0. The predicted octanol–water partition coefficient (Wildman–Crippen LogP) is 6.55. The van der Waals surface area contributed by atoms with E-state index >= 15 is 0 Å². The van der Waals surface area contributed by atoms with E-state index in [2.05, 4.69) is 60.7 Å². The van der Waals surface area contributed by atoms with Gasteiger partial charge < -0.3 is 0 Å². The molecule has 1 aliphatic carbocycles. The van der Waals surface area contributed by atoms with Crippen LogP contribution in [-0.4, -0.2) is 0 Å². The highest BCUT2D eigenvalue weighted by atomic mass is 14.4. The van der Waals surface area contributed by atoms with Crippen LogP contribution in [0.3, 0.4) is 0 Å². The fourth-order valence-electron chi connectivity index (χ4n) is 4.41. The number of benzene rings is 3. The van der Waals surface area contributed by atoms with E-state index in [1.807, 2.05) is 48.5 Å². The van der Waals surface area contributed by atoms with Gasteiger partial charge in [-0.2, -0.15) is 10.5 Å². The summed E-state index contributed by atoms with van der Waals surface area (Å²) in [6.45, 7) is 0. The zero-order valence-corrected chi connectivity index (χ0v) is 16.7. The van der Waals surface area contributed by atoms with E-state index in [0.29, 0.717) is 0 Å². The zero-order chi connectivity index (χ0) is 20.8. The number of aryl methyl sites for hydroxylation is 1. The van der Waals surface area contributed by atoms with Crippen LogP contribution in [0.15, 0.2) is 96.6 Å². The maximum atomic E-state index is 9.73. The summed E-state index contributed by atoms with van der Waals surface area (Å²) in [6.07, 6.45) is 6.22. The van der Waals surface area contributed by atoms with Gasteiger partial charge in [-0.05, 0) is 46.6 Å². The van der Waals surface area contributed by atoms with Gasteiger partial charge in [-0.3, -0.25) is 0 Å². The average Bonchev–Trinajstić information content (AvgIpc) is 2.82. The van der Waals surface area contributed by atoms with Crippen molar-refractivity contribution in [2.24, 2.45) is 5.92 Å². The number of hydrogen-bond donors (Lipinski definition) is 0. The molecular weight excluding hydrogens is 364 g/mol. The number of nitrogens with zero attached hydrogens (tertiary/aromatic N) is 2. The van der Waals surface area contributed by atoms with Crippen molar-refractivity contribution in [1.29, 1.82) is 10.5 Å². The number of fused-ring (bicyclic) bond motifs is 1. The molecule has 3 aromatic rings. The summed E-state index contributed by atoms with van der Waals surface area (Å²) in [4.78, 5) is 0. The SMILES string of the molecule is N#CC(C#N)=C1c2ccccc2CCC1C(/C=C/c1ccccc1)c1ccccc1. The Bertz CT molecular complexity index is 1140. The first-order valence-corrected chi connectivity index (χ1v) is 10.2. The van der Waals surface area contributed by atoms with Crippen LogP contribution in [0.2, 0.25) is 0 Å². The van der Waals surface area contributed by atoms with Crippen LogP contribution in [0, 0.1) is 28.6 Å². The Morgan fingerprint density at radius 1 is 0.833 bits per heavy atom. The van der Waals surface area contributed by atoms with Gasteiger partial charge in [-0.15, -0.1) is 0 Å². The van der Waals surface area contributed by atoms with Crippen molar-refractivity contribution in [3.05, 3.63) is 119 Å². The van der Waals surface area contributed by atoms with Gasteiger partial charge in [0.2, 0.25) is 0 Å². The molecule has 0 amide bonds. The topological polar surface area (TPSA) is 47.6 Å². The number of allylic oxidation sites excluding steroid dienone is 3. The van der Waals surface area contributed by atoms with Crippen molar-refractivity contribution < 1.29 is 0 Å². The van der Waals surface area contributed by atoms with Gasteiger partial charge in [0.05, 0.1) is 0 Å². The van der Waals surface area contributed by atoms with E-state index in [1.54, 1.807) is 0 Å². The minimum absolute atomic E-state index is 0.0663. The molecule has 0 saturated heterocycles. The fourth-order valence-corrected chi connectivity index (χ4v) is 4.41. The average molecular weight is 386 g/mol. The zero-order valence-electron chi connectivity index (χ0n) is 16.7. The number of nitriles is 2. The van der Waals surface area contributed by atoms with Crippen molar-refractivity contribution in [3.63, 3.8) is 0 Å². The Labute approximate surface area is 178 Å². The molecule has 1 aliphatic rings. The van der Waals surface area contributed by atoms with Crippen molar-refractivity contribution in [1.82, 2.24) is 0 Å². The highest BCUT2D eigenvalue weighted by Gasteiger charge is 2.32. The third-order valence-corrected chi connectivity index (χ3v) is 5.81. The van der Waals surface area contributed by atoms with Crippen LogP contribution in [0.5, 0.6) is 0 Å². The summed E-state index contributed by atoms with van der Waals surface area (Å²) in [5, 5.41) is 19.5. The first-order chi connectivity index (χ1) is 14.8. The van der Waals surface area contributed by atoms with Gasteiger partial charge in [0.1, 0.15) is 17.7 Å². The van der Waals surface area contributed by atoms with Crippen molar-refractivity contribution in [2.45, 2.75) is 18.8 Å². The fraction of sp³-hybridized carbons (Fsp3) is 0.143. The van der Waals surface area contributed by atoms with E-state index in [9.17, 15) is 10.5 Å². The van der Waals surface area contributed by atoms with E-state index in [-0.39, 0.29) is 17.4 Å². The molecule has 144 valence electrons. The summed E-state index contributed by atoms with van der Waals surface area (Å²) in [6, 6.07) is 33.1. The molecule has 0 aromatic heterocycles. The highest BCUT2D eigenvalue weighted by Crippen LogP contribution is 2.45. The standard InChI is InChI=1S/C28H22N2/c29-19-24(20-30)28-26-14-8-7-13-23(26)16-18-27(28)25(22-11-5-2-6-12-22)17-15-21-9-3-1-4-10-21/h1-15,17,25,27H,16,18H2/b17-15+. The Hall–Kier alpha value is -3.88. The van der Waals surface area contributed by atoms with Crippen LogP contribution in [0.25, 0.3) is 11.6 Å². The van der Waals surface area contributed by atoms with Crippen molar-refractivity contribution in [3.8, 4) is 12.1 Å². The second kappa shape index (κ2) is 9.08. The Kier molecular flexibility index (Phi) is 5.88. The molecular formula is C28H22N2. The predicted molar refractivity (Wildman–Crippen MR) is 121 cm³/mol. The molecule has 2 heteroatoms. The normalized spacial score (nSPS) is 16.3. The molecule has 30 heavy (non-hydrogen) atoms. The van der Waals surface area contributed by atoms with Crippen LogP contribution in [0.4, 0.5) is 0 Å². The molecule has 0 radical (unpaired) electrons. The van der Waals surface area contributed by atoms with E-state index < -0.39 is 0 Å². The van der Waals surface area contributed by atoms with Crippen LogP contribution in [0.1, 0.15) is 34.6 Å². The quantitative estimate of drug-likeness (QED) is 0.478. The molecule has 0 heterocycles. The van der Waals surface area contributed by atoms with Gasteiger partial charge in [0, 0.05) is 5.92 Å². The lowest BCUT2D eigenvalue weighted by Crippen LogP contribution is -2.20. The van der Waals surface area contributed by atoms with Crippen LogP contribution >= 0.6 is 0 Å². The number of hydrogen-bond acceptors (Lipinski definition) is 2. The second-order valence-corrected chi connectivity index (χ2v) is 7.52. The molecule has 2 atom stereocenters. The lowest BCUT2D eigenvalue weighted by atomic mass is 9.70. The Balaban J connectivity index is 1.85. The first-order valence-electron chi connectivity index (χ1n) is 10.2. The van der Waals surface area contributed by atoms with Gasteiger partial charge in [0.25, 0.3) is 0 Å². The van der Waals surface area contributed by atoms with Gasteiger partial charge in [0.15, 0.2) is 0 Å². The lowest BCUT2D eigenvalue weighted by Gasteiger charge is -2.33. The molecule has 0 saturated carbocycles. The smallest absolute Gasteiger partial charge is 0.133 e. The second-order valence-electron chi connectivity index (χ2n) is 7.52. The third kappa shape index (κ3) is 3.95. The monoisotopic (exact) mass is 386 g/mol. The van der Waals surface area contributed by atoms with Crippen molar-refractivity contribution >= 4 is 11.6 Å². The molecule has 0 spiro atoms. The molecule has 2 nitrogen and oxygen atoms in total. The van der Waals surface area contributed by atoms with Crippen LogP contribution in [-0.2, 0) is 6.42 Å². The van der Waals surface area contributed by atoms with E-state index in [0.717, 1.165) is 29.5 Å². The molecule has 3 aromatic carbocycles. The van der Waals surface area contributed by atoms with Gasteiger partial charge >= 0.3 is 0 Å². The molecule has 0 N–H and O–H groups in total. The lowest BCUT2D eigenvalue weighted by molar-refractivity contribution is 0.538. The Morgan fingerprint density at radius 3 is 2.17 bits per heavy atom. The van der Waals surface area contributed by atoms with Gasteiger partial charge in [-0.25, -0.2) is 0 Å². The minimum atomic E-state index is 0.0663. The molecule has 0 fully saturated rings. The maximum absolute atomic E-state index is 9.73.